The van der Waals surface area contributed by atoms with Gasteiger partial charge in [-0.15, -0.1) is 0 Å². The molecule has 0 spiro atoms. The highest BCUT2D eigenvalue weighted by Gasteiger charge is 1.96. The van der Waals surface area contributed by atoms with Gasteiger partial charge in [-0.25, -0.2) is 4.98 Å². The maximum Gasteiger partial charge on any atom is 0.144 e. The van der Waals surface area contributed by atoms with Crippen LogP contribution in [0.15, 0.2) is 18.3 Å². The van der Waals surface area contributed by atoms with Gasteiger partial charge in [-0.05, 0) is 6.07 Å². The molecule has 0 unspecified atom stereocenters. The van der Waals surface area contributed by atoms with Crippen LogP contribution in [-0.4, -0.2) is 25.3 Å². The van der Waals surface area contributed by atoms with Crippen molar-refractivity contribution in [1.29, 1.82) is 5.26 Å². The van der Waals surface area contributed by atoms with E-state index in [9.17, 15) is 0 Å². The molecule has 0 amide bonds. The van der Waals surface area contributed by atoms with Crippen LogP contribution in [0.2, 0.25) is 0 Å². The molecule has 14 heavy (non-hydrogen) atoms. The number of aromatic nitrogens is 1. The molecule has 0 saturated carbocycles. The zero-order chi connectivity index (χ0) is 10.2. The van der Waals surface area contributed by atoms with Crippen LogP contribution in [0.3, 0.4) is 0 Å². The Morgan fingerprint density at radius 3 is 3.07 bits per heavy atom. The molecule has 1 rings (SSSR count). The number of ether oxygens (including phenoxy) is 2. The van der Waals surface area contributed by atoms with Gasteiger partial charge >= 0.3 is 0 Å². The smallest absolute Gasteiger partial charge is 0.144 e. The highest BCUT2D eigenvalue weighted by Crippen LogP contribution is 2.10. The fourth-order valence-corrected chi connectivity index (χ4v) is 0.955. The van der Waals surface area contributed by atoms with Crippen LogP contribution in [0, 0.1) is 11.3 Å². The molecule has 0 aliphatic rings. The number of hydrogen-bond donors (Lipinski definition) is 0. The summed E-state index contributed by atoms with van der Waals surface area (Å²) in [5, 5.41) is 8.58. The van der Waals surface area contributed by atoms with Crippen molar-refractivity contribution in [3.05, 3.63) is 24.0 Å². The number of nitrogens with zero attached hydrogens (tertiary/aromatic N) is 2. The van der Waals surface area contributed by atoms with E-state index in [1.165, 1.54) is 0 Å². The van der Waals surface area contributed by atoms with Crippen LogP contribution in [0.5, 0.6) is 5.75 Å². The van der Waals surface area contributed by atoms with E-state index in [4.69, 9.17) is 14.7 Å². The summed E-state index contributed by atoms with van der Waals surface area (Å²) in [6.45, 7) is 1.26. The molecule has 0 fully saturated rings. The van der Waals surface area contributed by atoms with Crippen molar-refractivity contribution >= 4 is 0 Å². The Morgan fingerprint density at radius 2 is 2.36 bits per heavy atom. The SMILES string of the molecule is COCCCOc1ccnc(C#N)c1. The zero-order valence-electron chi connectivity index (χ0n) is 8.06. The van der Waals surface area contributed by atoms with Gasteiger partial charge in [0, 0.05) is 32.4 Å². The Bertz CT molecular complexity index is 320. The second-order valence-electron chi connectivity index (χ2n) is 2.68. The highest BCUT2D eigenvalue weighted by atomic mass is 16.5. The average molecular weight is 192 g/mol. The number of methoxy groups -OCH3 is 1. The van der Waals surface area contributed by atoms with Crippen LogP contribution in [0.1, 0.15) is 12.1 Å². The van der Waals surface area contributed by atoms with Crippen LogP contribution < -0.4 is 4.74 Å². The molecule has 0 saturated heterocycles. The Balaban J connectivity index is 2.39. The van der Waals surface area contributed by atoms with E-state index in [0.717, 1.165) is 6.42 Å². The quantitative estimate of drug-likeness (QED) is 0.661. The van der Waals surface area contributed by atoms with Crippen molar-refractivity contribution in [3.63, 3.8) is 0 Å². The minimum atomic E-state index is 0.370. The molecule has 0 bridgehead atoms. The summed E-state index contributed by atoms with van der Waals surface area (Å²) < 4.78 is 10.3. The van der Waals surface area contributed by atoms with Gasteiger partial charge in [0.05, 0.1) is 6.61 Å². The van der Waals surface area contributed by atoms with Crippen molar-refractivity contribution in [2.75, 3.05) is 20.3 Å². The number of nitriles is 1. The van der Waals surface area contributed by atoms with Gasteiger partial charge in [0.15, 0.2) is 0 Å². The van der Waals surface area contributed by atoms with E-state index >= 15 is 0 Å². The molecule has 0 aliphatic carbocycles. The van der Waals surface area contributed by atoms with Gasteiger partial charge in [-0.2, -0.15) is 5.26 Å². The Morgan fingerprint density at radius 1 is 1.50 bits per heavy atom. The second kappa shape index (κ2) is 5.95. The minimum absolute atomic E-state index is 0.370. The lowest BCUT2D eigenvalue weighted by Gasteiger charge is -2.04. The van der Waals surface area contributed by atoms with Crippen LogP contribution >= 0.6 is 0 Å². The maximum atomic E-state index is 8.58. The molecule has 0 radical (unpaired) electrons. The first kappa shape index (κ1) is 10.5. The summed E-state index contributed by atoms with van der Waals surface area (Å²) >= 11 is 0. The minimum Gasteiger partial charge on any atom is -0.493 e. The average Bonchev–Trinajstić information content (AvgIpc) is 2.25. The molecule has 0 aliphatic heterocycles. The van der Waals surface area contributed by atoms with Crippen LogP contribution in [0.25, 0.3) is 0 Å². The molecular weight excluding hydrogens is 180 g/mol. The lowest BCUT2D eigenvalue weighted by Crippen LogP contribution is -2.01. The van der Waals surface area contributed by atoms with Gasteiger partial charge < -0.3 is 9.47 Å². The van der Waals surface area contributed by atoms with Gasteiger partial charge in [-0.1, -0.05) is 0 Å². The monoisotopic (exact) mass is 192 g/mol. The lowest BCUT2D eigenvalue weighted by atomic mass is 10.3. The van der Waals surface area contributed by atoms with Gasteiger partial charge in [0.1, 0.15) is 17.5 Å². The Hall–Kier alpha value is -1.60. The third-order valence-electron chi connectivity index (χ3n) is 1.61. The Kier molecular flexibility index (Phi) is 4.45. The van der Waals surface area contributed by atoms with E-state index < -0.39 is 0 Å². The second-order valence-corrected chi connectivity index (χ2v) is 2.68. The fraction of sp³-hybridized carbons (Fsp3) is 0.400. The standard InChI is InChI=1S/C10H12N2O2/c1-13-5-2-6-14-10-3-4-12-9(7-10)8-11/h3-4,7H,2,5-6H2,1H3. The first-order chi connectivity index (χ1) is 6.86. The first-order valence-corrected chi connectivity index (χ1v) is 4.34. The van der Waals surface area contributed by atoms with E-state index in [-0.39, 0.29) is 0 Å². The summed E-state index contributed by atoms with van der Waals surface area (Å²) in [6, 6.07) is 5.30. The third kappa shape index (κ3) is 3.42. The predicted molar refractivity (Wildman–Crippen MR) is 50.9 cm³/mol. The number of hydrogen-bond acceptors (Lipinski definition) is 4. The van der Waals surface area contributed by atoms with Crippen molar-refractivity contribution in [2.45, 2.75) is 6.42 Å². The first-order valence-electron chi connectivity index (χ1n) is 4.34. The molecule has 74 valence electrons. The molecule has 1 heterocycles. The molecule has 0 atom stereocenters. The molecule has 1 aromatic rings. The van der Waals surface area contributed by atoms with Gasteiger partial charge in [0.25, 0.3) is 0 Å². The summed E-state index contributed by atoms with van der Waals surface area (Å²) in [4.78, 5) is 3.84. The molecule has 1 aromatic heterocycles. The van der Waals surface area contributed by atoms with Crippen molar-refractivity contribution < 1.29 is 9.47 Å². The topological polar surface area (TPSA) is 55.1 Å². The summed E-state index contributed by atoms with van der Waals surface area (Å²) in [7, 11) is 1.65. The zero-order valence-corrected chi connectivity index (χ0v) is 8.06. The largest absolute Gasteiger partial charge is 0.493 e. The van der Waals surface area contributed by atoms with Gasteiger partial charge in [0.2, 0.25) is 0 Å². The fourth-order valence-electron chi connectivity index (χ4n) is 0.955. The van der Waals surface area contributed by atoms with Gasteiger partial charge in [-0.3, -0.25) is 0 Å². The molecule has 0 aromatic carbocycles. The Labute approximate surface area is 83.1 Å². The van der Waals surface area contributed by atoms with E-state index in [0.29, 0.717) is 24.7 Å². The normalized spacial score (nSPS) is 9.43. The highest BCUT2D eigenvalue weighted by molar-refractivity contribution is 5.29. The molecule has 0 N–H and O–H groups in total. The third-order valence-corrected chi connectivity index (χ3v) is 1.61. The summed E-state index contributed by atoms with van der Waals surface area (Å²) in [6.07, 6.45) is 2.39. The molecule has 4 nitrogen and oxygen atoms in total. The van der Waals surface area contributed by atoms with Crippen LogP contribution in [-0.2, 0) is 4.74 Å². The van der Waals surface area contributed by atoms with E-state index in [2.05, 4.69) is 4.98 Å². The van der Waals surface area contributed by atoms with Crippen molar-refractivity contribution in [3.8, 4) is 11.8 Å². The lowest BCUT2D eigenvalue weighted by molar-refractivity contribution is 0.172. The summed E-state index contributed by atoms with van der Waals surface area (Å²) in [5.74, 6) is 0.674. The van der Waals surface area contributed by atoms with Crippen molar-refractivity contribution in [1.82, 2.24) is 4.98 Å². The van der Waals surface area contributed by atoms with Crippen molar-refractivity contribution in [2.24, 2.45) is 0 Å². The number of rotatable bonds is 5. The summed E-state index contributed by atoms with van der Waals surface area (Å²) in [5.41, 5.74) is 0.370. The maximum absolute atomic E-state index is 8.58. The predicted octanol–water partition coefficient (Wildman–Crippen LogP) is 1.37. The van der Waals surface area contributed by atoms with E-state index in [1.807, 2.05) is 6.07 Å². The number of pyridine rings is 1. The van der Waals surface area contributed by atoms with E-state index in [1.54, 1.807) is 25.4 Å². The molecular formula is C10H12N2O2. The molecule has 4 heteroatoms. The van der Waals surface area contributed by atoms with Crippen LogP contribution in [0.4, 0.5) is 0 Å².